The van der Waals surface area contributed by atoms with Crippen molar-refractivity contribution in [3.63, 3.8) is 0 Å². The molecule has 1 aliphatic carbocycles. The number of rotatable bonds is 7. The fraction of sp³-hybridized carbons (Fsp3) is 0.571. The number of carbonyl (C=O) groups excluding carboxylic acids is 3. The topological polar surface area (TPSA) is 97.0 Å². The van der Waals surface area contributed by atoms with Crippen LogP contribution in [0.2, 0.25) is 0 Å². The highest BCUT2D eigenvalue weighted by Crippen LogP contribution is 2.35. The smallest absolute Gasteiger partial charge is 0.325 e. The summed E-state index contributed by atoms with van der Waals surface area (Å²) < 4.78 is 10.5. The second-order valence-corrected chi connectivity index (χ2v) is 7.82. The molecule has 1 saturated heterocycles. The molecule has 1 aromatic carbocycles. The molecule has 1 aliphatic heterocycles. The average molecular weight is 403 g/mol. The summed E-state index contributed by atoms with van der Waals surface area (Å²) in [6.07, 6.45) is 5.86. The number of imide groups is 1. The second-order valence-electron chi connectivity index (χ2n) is 7.82. The zero-order valence-electron chi connectivity index (χ0n) is 17.2. The van der Waals surface area contributed by atoms with Crippen LogP contribution in [0.4, 0.5) is 4.79 Å². The Bertz CT molecular complexity index is 791. The van der Waals surface area contributed by atoms with Crippen LogP contribution in [0.3, 0.4) is 0 Å². The molecule has 0 spiro atoms. The first-order valence-electron chi connectivity index (χ1n) is 10.0. The largest absolute Gasteiger partial charge is 0.493 e. The van der Waals surface area contributed by atoms with Crippen LogP contribution in [0.15, 0.2) is 18.2 Å². The summed E-state index contributed by atoms with van der Waals surface area (Å²) in [6.45, 7) is 1.92. The molecule has 0 bridgehead atoms. The number of hydrogen-bond donors (Lipinski definition) is 2. The van der Waals surface area contributed by atoms with Crippen molar-refractivity contribution >= 4 is 17.8 Å². The van der Waals surface area contributed by atoms with Gasteiger partial charge in [0.1, 0.15) is 12.1 Å². The summed E-state index contributed by atoms with van der Waals surface area (Å²) in [5.41, 5.74) is -0.723. The van der Waals surface area contributed by atoms with Crippen LogP contribution in [0.5, 0.6) is 11.5 Å². The van der Waals surface area contributed by atoms with Crippen molar-refractivity contribution in [1.29, 1.82) is 0 Å². The van der Waals surface area contributed by atoms with E-state index in [4.69, 9.17) is 9.47 Å². The molecule has 158 valence electrons. The normalized spacial score (nSPS) is 22.4. The van der Waals surface area contributed by atoms with Crippen LogP contribution in [-0.4, -0.2) is 50.1 Å². The molecule has 8 nitrogen and oxygen atoms in total. The lowest BCUT2D eigenvalue weighted by Gasteiger charge is -2.24. The molecule has 0 radical (unpaired) electrons. The molecule has 0 aromatic heterocycles. The first-order valence-corrected chi connectivity index (χ1v) is 10.0. The molecule has 3 rings (SSSR count). The van der Waals surface area contributed by atoms with Crippen molar-refractivity contribution in [2.75, 3.05) is 27.3 Å². The monoisotopic (exact) mass is 403 g/mol. The number of amides is 4. The van der Waals surface area contributed by atoms with E-state index >= 15 is 0 Å². The van der Waals surface area contributed by atoms with Gasteiger partial charge in [-0.15, -0.1) is 0 Å². The van der Waals surface area contributed by atoms with E-state index in [0.29, 0.717) is 29.5 Å². The molecule has 8 heteroatoms. The maximum Gasteiger partial charge on any atom is 0.325 e. The Morgan fingerprint density at radius 3 is 2.52 bits per heavy atom. The van der Waals surface area contributed by atoms with Gasteiger partial charge in [0, 0.05) is 6.54 Å². The van der Waals surface area contributed by atoms with Gasteiger partial charge in [-0.25, -0.2) is 4.79 Å². The van der Waals surface area contributed by atoms with E-state index in [9.17, 15) is 14.4 Å². The van der Waals surface area contributed by atoms with Crippen molar-refractivity contribution < 1.29 is 23.9 Å². The molecule has 1 atom stereocenters. The summed E-state index contributed by atoms with van der Waals surface area (Å²) in [5.74, 6) is 0.665. The van der Waals surface area contributed by atoms with Gasteiger partial charge in [0.15, 0.2) is 11.5 Å². The predicted molar refractivity (Wildman–Crippen MR) is 107 cm³/mol. The number of benzene rings is 1. The van der Waals surface area contributed by atoms with Crippen molar-refractivity contribution in [2.24, 2.45) is 5.92 Å². The summed E-state index contributed by atoms with van der Waals surface area (Å²) in [7, 11) is 3.03. The number of hydrogen-bond acceptors (Lipinski definition) is 5. The van der Waals surface area contributed by atoms with E-state index in [-0.39, 0.29) is 12.5 Å². The third-order valence-electron chi connectivity index (χ3n) is 5.85. The maximum atomic E-state index is 13.0. The Kier molecular flexibility index (Phi) is 6.30. The quantitative estimate of drug-likeness (QED) is 0.680. The molecule has 2 aliphatic rings. The van der Waals surface area contributed by atoms with E-state index in [1.165, 1.54) is 33.5 Å². The van der Waals surface area contributed by atoms with Crippen molar-refractivity contribution in [3.05, 3.63) is 23.8 Å². The van der Waals surface area contributed by atoms with Gasteiger partial charge in [0.05, 0.1) is 14.2 Å². The lowest BCUT2D eigenvalue weighted by molar-refractivity contribution is -0.134. The predicted octanol–water partition coefficient (Wildman–Crippen LogP) is 2.17. The standard InChI is InChI=1S/C21H29N3O5/c1-21(15-9-10-16(28-2)17(11-15)29-3)19(26)24(20(27)23-21)13-18(25)22-12-14-7-5-4-6-8-14/h9-11,14H,4-8,12-13H2,1-3H3,(H,22,25)(H,23,27). The molecule has 1 saturated carbocycles. The van der Waals surface area contributed by atoms with E-state index < -0.39 is 17.5 Å². The number of urea groups is 1. The van der Waals surface area contributed by atoms with Crippen molar-refractivity contribution in [2.45, 2.75) is 44.6 Å². The zero-order chi connectivity index (χ0) is 21.0. The molecule has 2 N–H and O–H groups in total. The second kappa shape index (κ2) is 8.71. The van der Waals surface area contributed by atoms with Gasteiger partial charge in [-0.3, -0.25) is 14.5 Å². The Morgan fingerprint density at radius 1 is 1.17 bits per heavy atom. The van der Waals surface area contributed by atoms with Gasteiger partial charge in [0.2, 0.25) is 5.91 Å². The first-order chi connectivity index (χ1) is 13.9. The molecule has 29 heavy (non-hydrogen) atoms. The van der Waals surface area contributed by atoms with Crippen LogP contribution in [0.25, 0.3) is 0 Å². The Balaban J connectivity index is 1.67. The Morgan fingerprint density at radius 2 is 1.86 bits per heavy atom. The van der Waals surface area contributed by atoms with Gasteiger partial charge in [-0.2, -0.15) is 0 Å². The third-order valence-corrected chi connectivity index (χ3v) is 5.85. The van der Waals surface area contributed by atoms with Crippen LogP contribution in [0, 0.1) is 5.92 Å². The number of ether oxygens (including phenoxy) is 2. The van der Waals surface area contributed by atoms with Crippen molar-refractivity contribution in [3.8, 4) is 11.5 Å². The first kappa shape index (κ1) is 21.0. The molecule has 4 amide bonds. The SMILES string of the molecule is COc1ccc(C2(C)NC(=O)N(CC(=O)NCC3CCCCC3)C2=O)cc1OC. The highest BCUT2D eigenvalue weighted by atomic mass is 16.5. The van der Waals surface area contributed by atoms with Gasteiger partial charge in [-0.1, -0.05) is 25.3 Å². The number of carbonyl (C=O) groups is 3. The molecule has 1 aromatic rings. The zero-order valence-corrected chi connectivity index (χ0v) is 17.2. The van der Waals surface area contributed by atoms with E-state index in [1.807, 2.05) is 0 Å². The lowest BCUT2D eigenvalue weighted by Crippen LogP contribution is -2.44. The van der Waals surface area contributed by atoms with E-state index in [0.717, 1.165) is 17.7 Å². The van der Waals surface area contributed by atoms with Crippen LogP contribution < -0.4 is 20.1 Å². The van der Waals surface area contributed by atoms with Crippen LogP contribution in [-0.2, 0) is 15.1 Å². The van der Waals surface area contributed by atoms with Crippen molar-refractivity contribution in [1.82, 2.24) is 15.5 Å². The number of nitrogens with one attached hydrogen (secondary N) is 2. The maximum absolute atomic E-state index is 13.0. The number of nitrogens with zero attached hydrogens (tertiary/aromatic N) is 1. The van der Waals surface area contributed by atoms with Gasteiger partial charge >= 0.3 is 6.03 Å². The molecule has 1 unspecified atom stereocenters. The summed E-state index contributed by atoms with van der Waals surface area (Å²) in [6, 6.07) is 4.45. The minimum absolute atomic E-state index is 0.291. The Labute approximate surface area is 170 Å². The Hall–Kier alpha value is -2.77. The molecular formula is C21H29N3O5. The highest BCUT2D eigenvalue weighted by Gasteiger charge is 2.49. The minimum Gasteiger partial charge on any atom is -0.493 e. The average Bonchev–Trinajstić information content (AvgIpc) is 2.96. The van der Waals surface area contributed by atoms with Gasteiger partial charge < -0.3 is 20.1 Å². The van der Waals surface area contributed by atoms with E-state index in [1.54, 1.807) is 25.1 Å². The van der Waals surface area contributed by atoms with Crippen LogP contribution in [0.1, 0.15) is 44.6 Å². The molecule has 2 fully saturated rings. The fourth-order valence-corrected chi connectivity index (χ4v) is 4.03. The highest BCUT2D eigenvalue weighted by molar-refractivity contribution is 6.09. The fourth-order valence-electron chi connectivity index (χ4n) is 4.03. The molecule has 1 heterocycles. The third kappa shape index (κ3) is 4.31. The summed E-state index contributed by atoms with van der Waals surface area (Å²) >= 11 is 0. The van der Waals surface area contributed by atoms with Gasteiger partial charge in [0.25, 0.3) is 5.91 Å². The summed E-state index contributed by atoms with van der Waals surface area (Å²) in [5, 5.41) is 5.58. The molecular weight excluding hydrogens is 374 g/mol. The van der Waals surface area contributed by atoms with Gasteiger partial charge in [-0.05, 0) is 43.4 Å². The minimum atomic E-state index is -1.28. The van der Waals surface area contributed by atoms with Crippen LogP contribution >= 0.6 is 0 Å². The lowest BCUT2D eigenvalue weighted by atomic mass is 9.89. The van der Waals surface area contributed by atoms with E-state index in [2.05, 4.69) is 10.6 Å². The number of methoxy groups -OCH3 is 2. The summed E-state index contributed by atoms with van der Waals surface area (Å²) in [4.78, 5) is 38.8.